The molecule has 0 saturated carbocycles. The molecule has 4 rings (SSSR count). The highest BCUT2D eigenvalue weighted by molar-refractivity contribution is 6.10. The van der Waals surface area contributed by atoms with Gasteiger partial charge in [-0.1, -0.05) is 19.1 Å². The molecule has 1 aromatic carbocycles. The van der Waals surface area contributed by atoms with E-state index in [4.69, 9.17) is 0 Å². The van der Waals surface area contributed by atoms with Crippen LogP contribution in [0.1, 0.15) is 59.7 Å². The van der Waals surface area contributed by atoms with Crippen LogP contribution in [0.25, 0.3) is 0 Å². The highest BCUT2D eigenvalue weighted by atomic mass is 16.3. The van der Waals surface area contributed by atoms with Crippen molar-refractivity contribution in [1.82, 2.24) is 19.7 Å². The van der Waals surface area contributed by atoms with E-state index in [1.807, 2.05) is 23.7 Å². The van der Waals surface area contributed by atoms with Crippen molar-refractivity contribution in [2.24, 2.45) is 7.05 Å². The van der Waals surface area contributed by atoms with Crippen LogP contribution in [-0.2, 0) is 25.6 Å². The van der Waals surface area contributed by atoms with Crippen molar-refractivity contribution >= 4 is 11.6 Å². The molecule has 0 fully saturated rings. The van der Waals surface area contributed by atoms with E-state index in [0.717, 1.165) is 29.1 Å². The van der Waals surface area contributed by atoms with Crippen LogP contribution in [-0.4, -0.2) is 30.8 Å². The summed E-state index contributed by atoms with van der Waals surface area (Å²) < 4.78 is 1.92. The number of carbonyl (C=O) groups is 1. The molecule has 150 valence electrons. The van der Waals surface area contributed by atoms with E-state index < -0.39 is 5.60 Å². The lowest BCUT2D eigenvalue weighted by Crippen LogP contribution is -2.23. The summed E-state index contributed by atoms with van der Waals surface area (Å²) in [6.07, 6.45) is 4.06. The lowest BCUT2D eigenvalue weighted by atomic mass is 9.96. The number of rotatable bonds is 5. The molecular weight excluding hydrogens is 366 g/mol. The third-order valence-electron chi connectivity index (χ3n) is 5.47. The van der Waals surface area contributed by atoms with Crippen LogP contribution in [0.5, 0.6) is 0 Å². The second-order valence-electron chi connectivity index (χ2n) is 8.19. The van der Waals surface area contributed by atoms with Gasteiger partial charge in [-0.05, 0) is 43.5 Å². The zero-order chi connectivity index (χ0) is 20.8. The molecule has 0 unspecified atom stereocenters. The molecule has 3 heterocycles. The Kier molecular flexibility index (Phi) is 4.70. The molecule has 3 aromatic rings. The molecule has 1 amide bonds. The number of benzene rings is 1. The number of anilines is 1. The predicted molar refractivity (Wildman–Crippen MR) is 110 cm³/mol. The first-order chi connectivity index (χ1) is 13.8. The fourth-order valence-electron chi connectivity index (χ4n) is 3.85. The van der Waals surface area contributed by atoms with Gasteiger partial charge in [0.15, 0.2) is 0 Å². The average molecular weight is 391 g/mol. The third-order valence-corrected chi connectivity index (χ3v) is 5.47. The van der Waals surface area contributed by atoms with E-state index in [1.165, 1.54) is 0 Å². The monoisotopic (exact) mass is 391 g/mol. The molecule has 1 atom stereocenters. The summed E-state index contributed by atoms with van der Waals surface area (Å²) in [5.41, 5.74) is 2.83. The van der Waals surface area contributed by atoms with Gasteiger partial charge in [0.1, 0.15) is 17.8 Å². The van der Waals surface area contributed by atoms with Gasteiger partial charge in [0, 0.05) is 36.5 Å². The topological polar surface area (TPSA) is 84.1 Å². The first-order valence-electron chi connectivity index (χ1n) is 9.71. The second-order valence-corrected chi connectivity index (χ2v) is 8.19. The van der Waals surface area contributed by atoms with Gasteiger partial charge in [0.25, 0.3) is 5.91 Å². The first kappa shape index (κ1) is 19.3. The number of fused-ring (bicyclic) bond motifs is 1. The Labute approximate surface area is 170 Å². The normalized spacial score (nSPS) is 14.9. The van der Waals surface area contributed by atoms with Crippen molar-refractivity contribution in [3.8, 4) is 0 Å². The number of nitrogens with zero attached hydrogens (tertiary/aromatic N) is 5. The number of hydrogen-bond acceptors (Lipinski definition) is 5. The van der Waals surface area contributed by atoms with E-state index in [0.29, 0.717) is 17.8 Å². The smallest absolute Gasteiger partial charge is 0.259 e. The summed E-state index contributed by atoms with van der Waals surface area (Å²) in [6.45, 7) is 5.93. The van der Waals surface area contributed by atoms with Gasteiger partial charge in [-0.2, -0.15) is 0 Å². The van der Waals surface area contributed by atoms with E-state index in [-0.39, 0.29) is 11.8 Å². The molecule has 0 spiro atoms. The van der Waals surface area contributed by atoms with Gasteiger partial charge in [-0.25, -0.2) is 0 Å². The van der Waals surface area contributed by atoms with Crippen molar-refractivity contribution in [3.63, 3.8) is 0 Å². The quantitative estimate of drug-likeness (QED) is 0.723. The zero-order valence-corrected chi connectivity index (χ0v) is 17.1. The number of hydrogen-bond donors (Lipinski definition) is 1. The SMILES string of the molecule is C[C@H](Cc1nncn1C)c1cccc(N2Cc3c(ccnc3C(C)(C)O)C2=O)c1. The summed E-state index contributed by atoms with van der Waals surface area (Å²) in [6, 6.07) is 9.78. The molecule has 29 heavy (non-hydrogen) atoms. The molecule has 1 aliphatic heterocycles. The molecular formula is C22H25N5O2. The largest absolute Gasteiger partial charge is 0.384 e. The standard InChI is InChI=1S/C22H25N5O2/c1-14(10-19-25-24-13-26(19)4)15-6-5-7-16(11-15)27-12-18-17(21(27)28)8-9-23-20(18)22(2,3)29/h5-9,11,13-14,29H,10,12H2,1-4H3/t14-/m1/s1. The summed E-state index contributed by atoms with van der Waals surface area (Å²) in [5.74, 6) is 1.09. The molecule has 0 saturated heterocycles. The fourth-order valence-corrected chi connectivity index (χ4v) is 3.85. The van der Waals surface area contributed by atoms with Crippen molar-refractivity contribution in [1.29, 1.82) is 0 Å². The Hall–Kier alpha value is -3.06. The van der Waals surface area contributed by atoms with Gasteiger partial charge in [-0.3, -0.25) is 9.78 Å². The third kappa shape index (κ3) is 3.53. The number of aromatic nitrogens is 4. The van der Waals surface area contributed by atoms with Crippen molar-refractivity contribution in [2.45, 2.75) is 45.3 Å². The summed E-state index contributed by atoms with van der Waals surface area (Å²) >= 11 is 0. The van der Waals surface area contributed by atoms with Gasteiger partial charge in [-0.15, -0.1) is 10.2 Å². The van der Waals surface area contributed by atoms with E-state index >= 15 is 0 Å². The van der Waals surface area contributed by atoms with E-state index in [2.05, 4.69) is 34.2 Å². The average Bonchev–Trinajstić information content (AvgIpc) is 3.24. The highest BCUT2D eigenvalue weighted by Gasteiger charge is 2.34. The Bertz CT molecular complexity index is 1070. The Morgan fingerprint density at radius 3 is 2.76 bits per heavy atom. The first-order valence-corrected chi connectivity index (χ1v) is 9.71. The van der Waals surface area contributed by atoms with E-state index in [9.17, 15) is 9.90 Å². The highest BCUT2D eigenvalue weighted by Crippen LogP contribution is 2.34. The minimum absolute atomic E-state index is 0.0639. The van der Waals surface area contributed by atoms with Crippen LogP contribution in [0, 0.1) is 0 Å². The predicted octanol–water partition coefficient (Wildman–Crippen LogP) is 2.94. The molecule has 1 aliphatic rings. The minimum atomic E-state index is -1.10. The molecule has 2 aromatic heterocycles. The summed E-state index contributed by atoms with van der Waals surface area (Å²) in [5, 5.41) is 18.6. The van der Waals surface area contributed by atoms with Crippen LogP contribution < -0.4 is 4.90 Å². The molecule has 0 bridgehead atoms. The lowest BCUT2D eigenvalue weighted by Gasteiger charge is -2.21. The zero-order valence-electron chi connectivity index (χ0n) is 17.1. The van der Waals surface area contributed by atoms with Crippen molar-refractivity contribution < 1.29 is 9.90 Å². The van der Waals surface area contributed by atoms with Gasteiger partial charge in [0.05, 0.1) is 12.2 Å². The maximum atomic E-state index is 13.1. The summed E-state index contributed by atoms with van der Waals surface area (Å²) in [7, 11) is 1.94. The number of aryl methyl sites for hydroxylation is 1. The lowest BCUT2D eigenvalue weighted by molar-refractivity contribution is 0.0729. The molecule has 7 heteroatoms. The summed E-state index contributed by atoms with van der Waals surface area (Å²) in [4.78, 5) is 19.1. The van der Waals surface area contributed by atoms with Crippen LogP contribution in [0.3, 0.4) is 0 Å². The minimum Gasteiger partial charge on any atom is -0.384 e. The van der Waals surface area contributed by atoms with Crippen LogP contribution in [0.4, 0.5) is 5.69 Å². The van der Waals surface area contributed by atoms with Crippen LogP contribution in [0.2, 0.25) is 0 Å². The van der Waals surface area contributed by atoms with Gasteiger partial charge < -0.3 is 14.6 Å². The van der Waals surface area contributed by atoms with Gasteiger partial charge >= 0.3 is 0 Å². The number of carbonyl (C=O) groups excluding carboxylic acids is 1. The van der Waals surface area contributed by atoms with Crippen molar-refractivity contribution in [3.05, 3.63) is 71.1 Å². The van der Waals surface area contributed by atoms with E-state index in [1.54, 1.807) is 37.3 Å². The molecule has 0 aliphatic carbocycles. The Morgan fingerprint density at radius 1 is 1.28 bits per heavy atom. The maximum Gasteiger partial charge on any atom is 0.259 e. The Balaban J connectivity index is 1.62. The number of amides is 1. The molecule has 7 nitrogen and oxygen atoms in total. The molecule has 1 N–H and O–H groups in total. The Morgan fingerprint density at radius 2 is 2.07 bits per heavy atom. The second kappa shape index (κ2) is 7.08. The number of aliphatic hydroxyl groups is 1. The van der Waals surface area contributed by atoms with Crippen LogP contribution in [0.15, 0.2) is 42.9 Å². The van der Waals surface area contributed by atoms with Crippen molar-refractivity contribution in [2.75, 3.05) is 4.90 Å². The van der Waals surface area contributed by atoms with Gasteiger partial charge in [0.2, 0.25) is 0 Å². The number of pyridine rings is 1. The van der Waals surface area contributed by atoms with Crippen LogP contribution >= 0.6 is 0 Å². The maximum absolute atomic E-state index is 13.1. The fraction of sp³-hybridized carbons (Fsp3) is 0.364. The molecule has 0 radical (unpaired) electrons.